The van der Waals surface area contributed by atoms with Crippen LogP contribution in [-0.2, 0) is 17.7 Å². The van der Waals surface area contributed by atoms with Gasteiger partial charge >= 0.3 is 0 Å². The number of aliphatic imine (C=N–C) groups is 1. The van der Waals surface area contributed by atoms with Crippen LogP contribution in [0.3, 0.4) is 0 Å². The zero-order valence-electron chi connectivity index (χ0n) is 17.6. The van der Waals surface area contributed by atoms with Crippen molar-refractivity contribution in [3.05, 3.63) is 44.9 Å². The minimum absolute atomic E-state index is 0.530. The number of ether oxygens (including phenoxy) is 2. The van der Waals surface area contributed by atoms with Crippen LogP contribution >= 0.6 is 11.3 Å². The molecule has 2 aromatic rings. The highest BCUT2D eigenvalue weighted by Gasteiger charge is 2.07. The Bertz CT molecular complexity index is 774. The van der Waals surface area contributed by atoms with E-state index in [-0.39, 0.29) is 0 Å². The number of rotatable bonds is 10. The second-order valence-corrected chi connectivity index (χ2v) is 7.85. The van der Waals surface area contributed by atoms with Gasteiger partial charge < -0.3 is 20.1 Å². The lowest BCUT2D eigenvalue weighted by atomic mass is 10.1. The molecule has 0 spiro atoms. The van der Waals surface area contributed by atoms with E-state index in [0.29, 0.717) is 19.8 Å². The zero-order valence-corrected chi connectivity index (χ0v) is 18.4. The Morgan fingerprint density at radius 3 is 2.68 bits per heavy atom. The van der Waals surface area contributed by atoms with Gasteiger partial charge in [0.25, 0.3) is 0 Å². The van der Waals surface area contributed by atoms with Crippen LogP contribution in [0.4, 0.5) is 0 Å². The molecule has 0 atom stereocenters. The standard InChI is InChI=1S/C21H32N4O2S/c1-6-22-21(23-10-9-20-16(3)25-17(4)28-20)24-14-18-8-7-15(2)13-19(18)27-12-11-26-5/h7-8,13H,6,9-12,14H2,1-5H3,(H2,22,23,24). The largest absolute Gasteiger partial charge is 0.491 e. The summed E-state index contributed by atoms with van der Waals surface area (Å²) in [5.41, 5.74) is 3.36. The summed E-state index contributed by atoms with van der Waals surface area (Å²) in [4.78, 5) is 10.5. The summed E-state index contributed by atoms with van der Waals surface area (Å²) < 4.78 is 10.9. The van der Waals surface area contributed by atoms with Gasteiger partial charge in [-0.1, -0.05) is 12.1 Å². The molecule has 0 saturated carbocycles. The first-order valence-electron chi connectivity index (χ1n) is 9.69. The number of methoxy groups -OCH3 is 1. The van der Waals surface area contributed by atoms with Gasteiger partial charge in [-0.25, -0.2) is 9.98 Å². The van der Waals surface area contributed by atoms with Crippen LogP contribution in [0.5, 0.6) is 5.75 Å². The topological polar surface area (TPSA) is 67.8 Å². The van der Waals surface area contributed by atoms with Crippen LogP contribution < -0.4 is 15.4 Å². The van der Waals surface area contributed by atoms with E-state index >= 15 is 0 Å². The van der Waals surface area contributed by atoms with Gasteiger partial charge in [0.05, 0.1) is 23.9 Å². The summed E-state index contributed by atoms with van der Waals surface area (Å²) in [6.07, 6.45) is 0.942. The molecule has 28 heavy (non-hydrogen) atoms. The lowest BCUT2D eigenvalue weighted by molar-refractivity contribution is 0.145. The number of nitrogens with zero attached hydrogens (tertiary/aromatic N) is 2. The summed E-state index contributed by atoms with van der Waals surface area (Å²) in [6.45, 7) is 11.5. The Balaban J connectivity index is 1.98. The molecule has 7 heteroatoms. The fourth-order valence-corrected chi connectivity index (χ4v) is 3.70. The van der Waals surface area contributed by atoms with Gasteiger partial charge in [0.15, 0.2) is 5.96 Å². The Morgan fingerprint density at radius 1 is 1.18 bits per heavy atom. The fourth-order valence-electron chi connectivity index (χ4n) is 2.77. The maximum absolute atomic E-state index is 5.86. The van der Waals surface area contributed by atoms with Crippen LogP contribution in [-0.4, -0.2) is 44.4 Å². The summed E-state index contributed by atoms with van der Waals surface area (Å²) in [7, 11) is 1.67. The Labute approximate surface area is 172 Å². The first-order chi connectivity index (χ1) is 13.5. The van der Waals surface area contributed by atoms with Crippen molar-refractivity contribution in [2.45, 2.75) is 40.7 Å². The lowest BCUT2D eigenvalue weighted by Crippen LogP contribution is -2.38. The predicted molar refractivity (Wildman–Crippen MR) is 117 cm³/mol. The van der Waals surface area contributed by atoms with Gasteiger partial charge in [-0.15, -0.1) is 11.3 Å². The van der Waals surface area contributed by atoms with Crippen LogP contribution in [0.15, 0.2) is 23.2 Å². The lowest BCUT2D eigenvalue weighted by Gasteiger charge is -2.13. The van der Waals surface area contributed by atoms with Crippen molar-refractivity contribution in [1.82, 2.24) is 15.6 Å². The van der Waals surface area contributed by atoms with E-state index in [4.69, 9.17) is 14.5 Å². The van der Waals surface area contributed by atoms with Crippen molar-refractivity contribution < 1.29 is 9.47 Å². The van der Waals surface area contributed by atoms with Crippen LogP contribution in [0, 0.1) is 20.8 Å². The second-order valence-electron chi connectivity index (χ2n) is 6.57. The number of aromatic nitrogens is 1. The molecule has 6 nitrogen and oxygen atoms in total. The van der Waals surface area contributed by atoms with Crippen molar-refractivity contribution in [2.24, 2.45) is 4.99 Å². The van der Waals surface area contributed by atoms with Crippen LogP contribution in [0.25, 0.3) is 0 Å². The quantitative estimate of drug-likeness (QED) is 0.361. The maximum Gasteiger partial charge on any atom is 0.191 e. The monoisotopic (exact) mass is 404 g/mol. The molecule has 1 aromatic heterocycles. The van der Waals surface area contributed by atoms with E-state index in [1.807, 2.05) is 6.92 Å². The Kier molecular flexibility index (Phi) is 9.23. The molecule has 0 radical (unpaired) electrons. The van der Waals surface area contributed by atoms with Gasteiger partial charge in [-0.05, 0) is 39.3 Å². The van der Waals surface area contributed by atoms with Crippen molar-refractivity contribution in [1.29, 1.82) is 0 Å². The Hall–Kier alpha value is -2.12. The van der Waals surface area contributed by atoms with Gasteiger partial charge in [0.1, 0.15) is 12.4 Å². The summed E-state index contributed by atoms with van der Waals surface area (Å²) in [5.74, 6) is 1.68. The minimum Gasteiger partial charge on any atom is -0.491 e. The molecule has 0 aliphatic carbocycles. The molecular weight excluding hydrogens is 372 g/mol. The first-order valence-corrected chi connectivity index (χ1v) is 10.5. The van der Waals surface area contributed by atoms with Gasteiger partial charge in [-0.2, -0.15) is 0 Å². The smallest absolute Gasteiger partial charge is 0.191 e. The molecule has 0 aliphatic heterocycles. The van der Waals surface area contributed by atoms with Gasteiger partial charge in [0, 0.05) is 37.1 Å². The van der Waals surface area contributed by atoms with E-state index < -0.39 is 0 Å². The first kappa shape index (κ1) is 22.2. The van der Waals surface area contributed by atoms with Crippen molar-refractivity contribution in [3.63, 3.8) is 0 Å². The molecule has 0 saturated heterocycles. The molecule has 0 amide bonds. The third-order valence-corrected chi connectivity index (χ3v) is 5.30. The van der Waals surface area contributed by atoms with E-state index in [0.717, 1.165) is 47.5 Å². The van der Waals surface area contributed by atoms with Crippen molar-refractivity contribution in [3.8, 4) is 5.75 Å². The van der Waals surface area contributed by atoms with Crippen molar-refractivity contribution in [2.75, 3.05) is 33.4 Å². The number of nitrogens with one attached hydrogen (secondary N) is 2. The third-order valence-electron chi connectivity index (χ3n) is 4.16. The summed E-state index contributed by atoms with van der Waals surface area (Å²) in [5, 5.41) is 7.84. The van der Waals surface area contributed by atoms with E-state index in [2.05, 4.69) is 54.6 Å². The van der Waals surface area contributed by atoms with E-state index in [1.54, 1.807) is 18.4 Å². The molecular formula is C21H32N4O2S. The SMILES string of the molecule is CCNC(=NCc1ccc(C)cc1OCCOC)NCCc1sc(C)nc1C. The number of aryl methyl sites for hydroxylation is 3. The average Bonchev–Trinajstić information content (AvgIpc) is 2.98. The molecule has 1 aromatic carbocycles. The Morgan fingerprint density at radius 2 is 2.00 bits per heavy atom. The summed E-state index contributed by atoms with van der Waals surface area (Å²) in [6, 6.07) is 6.22. The van der Waals surface area contributed by atoms with Crippen LogP contribution in [0.2, 0.25) is 0 Å². The van der Waals surface area contributed by atoms with Crippen molar-refractivity contribution >= 4 is 17.3 Å². The number of hydrogen-bond donors (Lipinski definition) is 2. The molecule has 154 valence electrons. The molecule has 1 heterocycles. The normalized spacial score (nSPS) is 11.5. The zero-order chi connectivity index (χ0) is 20.4. The van der Waals surface area contributed by atoms with Gasteiger partial charge in [0.2, 0.25) is 0 Å². The fraction of sp³-hybridized carbons (Fsp3) is 0.524. The third kappa shape index (κ3) is 7.13. The number of thiazole rings is 1. The molecule has 0 bridgehead atoms. The number of guanidine groups is 1. The second kappa shape index (κ2) is 11.7. The average molecular weight is 405 g/mol. The molecule has 2 N–H and O–H groups in total. The highest BCUT2D eigenvalue weighted by atomic mass is 32.1. The molecule has 0 aliphatic rings. The maximum atomic E-state index is 5.86. The molecule has 0 unspecified atom stereocenters. The number of hydrogen-bond acceptors (Lipinski definition) is 5. The highest BCUT2D eigenvalue weighted by molar-refractivity contribution is 7.11. The van der Waals surface area contributed by atoms with Crippen LogP contribution in [0.1, 0.15) is 33.6 Å². The molecule has 0 fully saturated rings. The van der Waals surface area contributed by atoms with Gasteiger partial charge in [-0.3, -0.25) is 0 Å². The van der Waals surface area contributed by atoms with E-state index in [1.165, 1.54) is 10.4 Å². The summed E-state index contributed by atoms with van der Waals surface area (Å²) >= 11 is 1.76. The highest BCUT2D eigenvalue weighted by Crippen LogP contribution is 2.21. The van der Waals surface area contributed by atoms with E-state index in [9.17, 15) is 0 Å². The number of benzene rings is 1. The molecule has 2 rings (SSSR count). The predicted octanol–water partition coefficient (Wildman–Crippen LogP) is 3.39. The minimum atomic E-state index is 0.530.